The first kappa shape index (κ1) is 18.5. The quantitative estimate of drug-likeness (QED) is 0.617. The van der Waals surface area contributed by atoms with Crippen LogP contribution in [0.1, 0.15) is 17.2 Å². The average molecular weight is 402 g/mol. The lowest BCUT2D eigenvalue weighted by Gasteiger charge is -2.29. The van der Waals surface area contributed by atoms with E-state index in [1.807, 2.05) is 49.4 Å². The van der Waals surface area contributed by atoms with Crippen LogP contribution in [0.25, 0.3) is 0 Å². The number of amides is 2. The highest BCUT2D eigenvalue weighted by Crippen LogP contribution is 2.47. The zero-order valence-corrected chi connectivity index (χ0v) is 16.2. The van der Waals surface area contributed by atoms with Crippen molar-refractivity contribution in [2.45, 2.75) is 19.1 Å². The number of fused-ring (bicyclic) bond motifs is 1. The zero-order valence-electron chi connectivity index (χ0n) is 16.2. The van der Waals surface area contributed by atoms with Crippen LogP contribution in [-0.2, 0) is 14.4 Å². The minimum Gasteiger partial charge on any atom is -0.273 e. The molecule has 0 radical (unpaired) electrons. The summed E-state index contributed by atoms with van der Waals surface area (Å²) in [6.45, 7) is 1.86. The Labute approximate surface area is 173 Å². The number of nitrogens with zero attached hydrogens (tertiary/aromatic N) is 2. The molecule has 2 aliphatic rings. The summed E-state index contributed by atoms with van der Waals surface area (Å²) in [5.41, 5.74) is 2.83. The van der Waals surface area contributed by atoms with Crippen molar-refractivity contribution in [3.8, 4) is 0 Å². The fourth-order valence-electron chi connectivity index (χ4n) is 4.26. The van der Waals surface area contributed by atoms with Crippen LogP contribution in [0.2, 0.25) is 0 Å². The molecule has 0 unspecified atom stereocenters. The van der Waals surface area contributed by atoms with Crippen molar-refractivity contribution in [2.24, 2.45) is 5.92 Å². The van der Waals surface area contributed by atoms with Gasteiger partial charge in [-0.15, -0.1) is 0 Å². The van der Waals surface area contributed by atoms with E-state index < -0.39 is 18.1 Å². The minimum absolute atomic E-state index is 0.313. The summed E-state index contributed by atoms with van der Waals surface area (Å²) in [5, 5.41) is 1.60. The molecule has 5 nitrogen and oxygen atoms in total. The molecule has 0 spiro atoms. The summed E-state index contributed by atoms with van der Waals surface area (Å²) >= 11 is 0. The number of aryl methyl sites for hydroxylation is 1. The molecule has 0 N–H and O–H groups in total. The molecule has 3 aromatic rings. The van der Waals surface area contributed by atoms with Crippen molar-refractivity contribution in [1.82, 2.24) is 0 Å². The lowest BCUT2D eigenvalue weighted by atomic mass is 9.90. The van der Waals surface area contributed by atoms with Crippen molar-refractivity contribution in [1.29, 1.82) is 0 Å². The van der Waals surface area contributed by atoms with Crippen molar-refractivity contribution in [3.63, 3.8) is 0 Å². The molecule has 30 heavy (non-hydrogen) atoms. The summed E-state index contributed by atoms with van der Waals surface area (Å²) in [6.07, 6.45) is -0.938. The Bertz CT molecular complexity index is 1120. The van der Waals surface area contributed by atoms with Gasteiger partial charge in [-0.2, -0.15) is 0 Å². The highest BCUT2D eigenvalue weighted by atomic mass is 19.1. The van der Waals surface area contributed by atoms with Gasteiger partial charge in [0.1, 0.15) is 11.7 Å². The SMILES string of the molecule is Cc1ccccc1N1C(=O)[C@@H]2[C@@H](c3ccc(F)cc3)N(c3ccccc3)O[C@H]2C1=O. The Kier molecular flexibility index (Phi) is 4.37. The first-order valence-corrected chi connectivity index (χ1v) is 9.76. The van der Waals surface area contributed by atoms with Crippen molar-refractivity contribution >= 4 is 23.2 Å². The molecular weight excluding hydrogens is 383 g/mol. The third-order valence-corrected chi connectivity index (χ3v) is 5.69. The van der Waals surface area contributed by atoms with E-state index in [-0.39, 0.29) is 17.6 Å². The van der Waals surface area contributed by atoms with Crippen LogP contribution in [-0.4, -0.2) is 17.9 Å². The van der Waals surface area contributed by atoms with E-state index >= 15 is 0 Å². The molecule has 0 aliphatic carbocycles. The van der Waals surface area contributed by atoms with E-state index in [0.29, 0.717) is 11.3 Å². The summed E-state index contributed by atoms with van der Waals surface area (Å²) in [4.78, 5) is 34.0. The Hall–Kier alpha value is -3.51. The van der Waals surface area contributed by atoms with Gasteiger partial charge in [-0.25, -0.2) is 14.4 Å². The third-order valence-electron chi connectivity index (χ3n) is 5.69. The number of imide groups is 1. The van der Waals surface area contributed by atoms with Crippen LogP contribution in [0.15, 0.2) is 78.9 Å². The molecule has 2 heterocycles. The molecule has 3 atom stereocenters. The Balaban J connectivity index is 1.60. The molecule has 2 amide bonds. The number of anilines is 2. The second-order valence-electron chi connectivity index (χ2n) is 7.51. The molecule has 0 aromatic heterocycles. The molecule has 3 aromatic carbocycles. The number of carbonyl (C=O) groups is 2. The van der Waals surface area contributed by atoms with Crippen molar-refractivity contribution in [3.05, 3.63) is 95.8 Å². The summed E-state index contributed by atoms with van der Waals surface area (Å²) in [7, 11) is 0. The van der Waals surface area contributed by atoms with E-state index in [0.717, 1.165) is 11.3 Å². The first-order valence-electron chi connectivity index (χ1n) is 9.76. The van der Waals surface area contributed by atoms with Gasteiger partial charge in [-0.1, -0.05) is 48.5 Å². The van der Waals surface area contributed by atoms with E-state index in [2.05, 4.69) is 0 Å². The van der Waals surface area contributed by atoms with E-state index in [1.54, 1.807) is 29.3 Å². The number of hydroxylamine groups is 1. The molecule has 5 rings (SSSR count). The second-order valence-corrected chi connectivity index (χ2v) is 7.51. The summed E-state index contributed by atoms with van der Waals surface area (Å²) < 4.78 is 13.6. The largest absolute Gasteiger partial charge is 0.273 e. The van der Waals surface area contributed by atoms with Crippen LogP contribution in [0.4, 0.5) is 15.8 Å². The monoisotopic (exact) mass is 402 g/mol. The van der Waals surface area contributed by atoms with Gasteiger partial charge in [0, 0.05) is 0 Å². The number of carbonyl (C=O) groups excluding carboxylic acids is 2. The molecule has 0 bridgehead atoms. The number of benzene rings is 3. The van der Waals surface area contributed by atoms with Gasteiger partial charge >= 0.3 is 0 Å². The molecule has 2 saturated heterocycles. The average Bonchev–Trinajstić information content (AvgIpc) is 3.26. The zero-order chi connectivity index (χ0) is 20.8. The summed E-state index contributed by atoms with van der Waals surface area (Å²) in [5.74, 6) is -1.80. The highest BCUT2D eigenvalue weighted by Gasteiger charge is 2.60. The first-order chi connectivity index (χ1) is 14.6. The number of hydrogen-bond acceptors (Lipinski definition) is 4. The van der Waals surface area contributed by atoms with Crippen LogP contribution in [0.5, 0.6) is 0 Å². The standard InChI is InChI=1S/C24H19FN2O3/c1-15-7-5-6-10-19(15)26-23(28)20-21(16-11-13-17(25)14-12-16)27(30-22(20)24(26)29)18-8-3-2-4-9-18/h2-14,20-22H,1H3/t20-,21-,22-/m1/s1. The van der Waals surface area contributed by atoms with Gasteiger partial charge < -0.3 is 0 Å². The van der Waals surface area contributed by atoms with Crippen LogP contribution in [0, 0.1) is 18.7 Å². The Morgan fingerprint density at radius 2 is 1.50 bits per heavy atom. The van der Waals surface area contributed by atoms with Gasteiger partial charge in [0.15, 0.2) is 6.10 Å². The maximum absolute atomic E-state index is 13.6. The van der Waals surface area contributed by atoms with Crippen LogP contribution in [0.3, 0.4) is 0 Å². The number of halogens is 1. The van der Waals surface area contributed by atoms with Crippen LogP contribution >= 0.6 is 0 Å². The van der Waals surface area contributed by atoms with E-state index in [9.17, 15) is 14.0 Å². The molecule has 2 fully saturated rings. The predicted octanol–water partition coefficient (Wildman–Crippen LogP) is 4.19. The molecule has 2 aliphatic heterocycles. The molecular formula is C24H19FN2O3. The van der Waals surface area contributed by atoms with Gasteiger partial charge in [0.25, 0.3) is 5.91 Å². The topological polar surface area (TPSA) is 49.9 Å². The van der Waals surface area contributed by atoms with Crippen LogP contribution < -0.4 is 9.96 Å². The Morgan fingerprint density at radius 3 is 2.20 bits per heavy atom. The second kappa shape index (κ2) is 7.07. The highest BCUT2D eigenvalue weighted by molar-refractivity contribution is 6.24. The van der Waals surface area contributed by atoms with Gasteiger partial charge in [0.2, 0.25) is 5.91 Å². The van der Waals surface area contributed by atoms with Gasteiger partial charge in [-0.3, -0.25) is 14.4 Å². The number of hydrogen-bond donors (Lipinski definition) is 0. The number of rotatable bonds is 3. The van der Waals surface area contributed by atoms with Gasteiger partial charge in [0.05, 0.1) is 17.4 Å². The van der Waals surface area contributed by atoms with Gasteiger partial charge in [-0.05, 0) is 48.4 Å². The number of para-hydroxylation sites is 2. The predicted molar refractivity (Wildman–Crippen MR) is 110 cm³/mol. The fourth-order valence-corrected chi connectivity index (χ4v) is 4.26. The maximum atomic E-state index is 13.6. The third kappa shape index (κ3) is 2.80. The van der Waals surface area contributed by atoms with E-state index in [4.69, 9.17) is 4.84 Å². The smallest absolute Gasteiger partial charge is 0.266 e. The molecule has 0 saturated carbocycles. The molecule has 150 valence electrons. The maximum Gasteiger partial charge on any atom is 0.266 e. The lowest BCUT2D eigenvalue weighted by Crippen LogP contribution is -2.37. The fraction of sp³-hybridized carbons (Fsp3) is 0.167. The Morgan fingerprint density at radius 1 is 0.833 bits per heavy atom. The minimum atomic E-state index is -0.938. The van der Waals surface area contributed by atoms with Crippen molar-refractivity contribution < 1.29 is 18.8 Å². The summed E-state index contributed by atoms with van der Waals surface area (Å²) in [6, 6.07) is 22.0. The lowest BCUT2D eigenvalue weighted by molar-refractivity contribution is -0.126. The van der Waals surface area contributed by atoms with Crippen molar-refractivity contribution in [2.75, 3.05) is 9.96 Å². The normalized spacial score (nSPS) is 23.2. The molecule has 6 heteroatoms. The van der Waals surface area contributed by atoms with E-state index in [1.165, 1.54) is 17.0 Å².